The van der Waals surface area contributed by atoms with Crippen LogP contribution in [0.3, 0.4) is 0 Å². The summed E-state index contributed by atoms with van der Waals surface area (Å²) in [6.07, 6.45) is 1.83. The molecule has 2 aromatic rings. The quantitative estimate of drug-likeness (QED) is 0.688. The molecule has 2 aromatic carbocycles. The van der Waals surface area contributed by atoms with Crippen LogP contribution < -0.4 is 0 Å². The molecule has 2 aliphatic rings. The van der Waals surface area contributed by atoms with E-state index in [1.165, 1.54) is 11.1 Å². The van der Waals surface area contributed by atoms with E-state index < -0.39 is 0 Å². The van der Waals surface area contributed by atoms with Crippen molar-refractivity contribution in [2.24, 2.45) is 15.1 Å². The van der Waals surface area contributed by atoms with Gasteiger partial charge in [-0.1, -0.05) is 35.9 Å². The first-order valence-electron chi connectivity index (χ1n) is 8.96. The lowest BCUT2D eigenvalue weighted by Crippen LogP contribution is -2.30. The van der Waals surface area contributed by atoms with Crippen LogP contribution in [0, 0.1) is 13.8 Å². The highest BCUT2D eigenvalue weighted by atomic mass is 35.5. The number of rotatable bonds is 3. The largest absolute Gasteiger partial charge is 0.266 e. The van der Waals surface area contributed by atoms with Gasteiger partial charge in [-0.3, -0.25) is 4.99 Å². The van der Waals surface area contributed by atoms with E-state index in [2.05, 4.69) is 37.7 Å². The van der Waals surface area contributed by atoms with Gasteiger partial charge in [0, 0.05) is 16.1 Å². The summed E-state index contributed by atoms with van der Waals surface area (Å²) in [5, 5.41) is 7.20. The van der Waals surface area contributed by atoms with E-state index in [0.717, 1.165) is 34.1 Å². The molecule has 1 unspecified atom stereocenters. The first-order valence-corrected chi connectivity index (χ1v) is 9.34. The van der Waals surface area contributed by atoms with Gasteiger partial charge in [-0.2, -0.15) is 5.10 Å². The zero-order valence-corrected chi connectivity index (χ0v) is 16.5. The summed E-state index contributed by atoms with van der Waals surface area (Å²) < 4.78 is 0. The summed E-state index contributed by atoms with van der Waals surface area (Å²) in [7, 11) is 0. The summed E-state index contributed by atoms with van der Waals surface area (Å²) >= 11 is 6.53. The molecule has 0 saturated carbocycles. The van der Waals surface area contributed by atoms with Gasteiger partial charge >= 0.3 is 0 Å². The Morgan fingerprint density at radius 1 is 1.11 bits per heavy atom. The van der Waals surface area contributed by atoms with Crippen molar-refractivity contribution in [2.75, 3.05) is 6.54 Å². The van der Waals surface area contributed by atoms with Crippen LogP contribution >= 0.6 is 11.6 Å². The number of aryl methyl sites for hydroxylation is 2. The van der Waals surface area contributed by atoms with Crippen LogP contribution in [-0.2, 0) is 0 Å². The minimum atomic E-state index is -0.218. The minimum Gasteiger partial charge on any atom is -0.266 e. The molecular formula is C22H21ClN4. The van der Waals surface area contributed by atoms with Crippen molar-refractivity contribution in [3.8, 4) is 0 Å². The topological polar surface area (TPSA) is 40.3 Å². The molecule has 0 aromatic heterocycles. The van der Waals surface area contributed by atoms with E-state index >= 15 is 0 Å². The van der Waals surface area contributed by atoms with Crippen molar-refractivity contribution < 1.29 is 0 Å². The number of benzene rings is 2. The molecule has 5 heteroatoms. The minimum absolute atomic E-state index is 0.218. The van der Waals surface area contributed by atoms with Gasteiger partial charge in [-0.05, 0) is 50.1 Å². The maximum Gasteiger partial charge on any atom is 0.156 e. The van der Waals surface area contributed by atoms with Crippen LogP contribution in [0.5, 0.6) is 0 Å². The highest BCUT2D eigenvalue weighted by Crippen LogP contribution is 2.33. The van der Waals surface area contributed by atoms with Crippen LogP contribution in [-0.4, -0.2) is 34.9 Å². The first-order chi connectivity index (χ1) is 13.0. The normalized spacial score (nSPS) is 18.1. The summed E-state index contributed by atoms with van der Waals surface area (Å²) in [4.78, 5) is 10.1. The zero-order valence-electron chi connectivity index (χ0n) is 15.7. The van der Waals surface area contributed by atoms with E-state index in [1.807, 2.05) is 42.3 Å². The molecule has 0 N–H and O–H groups in total. The van der Waals surface area contributed by atoms with E-state index in [4.69, 9.17) is 21.6 Å². The molecule has 0 spiro atoms. The van der Waals surface area contributed by atoms with E-state index in [0.29, 0.717) is 11.6 Å². The zero-order chi connectivity index (χ0) is 19.1. The molecular weight excluding hydrogens is 356 g/mol. The van der Waals surface area contributed by atoms with E-state index in [9.17, 15) is 0 Å². The molecule has 0 aliphatic carbocycles. The number of aliphatic imine (C=N–C) groups is 2. The molecule has 4 nitrogen and oxygen atoms in total. The molecule has 0 saturated heterocycles. The van der Waals surface area contributed by atoms with Crippen molar-refractivity contribution >= 4 is 34.5 Å². The van der Waals surface area contributed by atoms with Crippen molar-refractivity contribution in [3.05, 3.63) is 76.3 Å². The number of halogens is 1. The maximum absolute atomic E-state index is 6.53. The molecule has 0 amide bonds. The first kappa shape index (κ1) is 17.7. The van der Waals surface area contributed by atoms with Gasteiger partial charge in [0.05, 0.1) is 23.7 Å². The third kappa shape index (κ3) is 3.00. The Balaban J connectivity index is 1.99. The number of amidine groups is 1. The van der Waals surface area contributed by atoms with Crippen LogP contribution in [0.1, 0.15) is 29.2 Å². The van der Waals surface area contributed by atoms with Crippen molar-refractivity contribution in [1.82, 2.24) is 5.01 Å². The second-order valence-corrected chi connectivity index (χ2v) is 7.30. The summed E-state index contributed by atoms with van der Waals surface area (Å²) in [5.74, 6) is 0.832. The molecule has 4 rings (SSSR count). The van der Waals surface area contributed by atoms with Crippen LogP contribution in [0.25, 0.3) is 0 Å². The van der Waals surface area contributed by atoms with Gasteiger partial charge in [0.1, 0.15) is 6.04 Å². The Bertz CT molecular complexity index is 1030. The van der Waals surface area contributed by atoms with Gasteiger partial charge in [0.25, 0.3) is 0 Å². The highest BCUT2D eigenvalue weighted by Gasteiger charge is 2.34. The Labute approximate surface area is 164 Å². The van der Waals surface area contributed by atoms with Gasteiger partial charge in [-0.15, -0.1) is 6.58 Å². The van der Waals surface area contributed by atoms with Crippen LogP contribution in [0.15, 0.2) is 64.1 Å². The molecule has 27 heavy (non-hydrogen) atoms. The third-order valence-corrected chi connectivity index (χ3v) is 5.30. The van der Waals surface area contributed by atoms with Gasteiger partial charge < -0.3 is 0 Å². The Morgan fingerprint density at radius 2 is 1.85 bits per heavy atom. The molecule has 0 bridgehead atoms. The maximum atomic E-state index is 6.53. The molecule has 2 aliphatic heterocycles. The van der Waals surface area contributed by atoms with E-state index in [-0.39, 0.29) is 6.04 Å². The number of hydrogen-bond donors (Lipinski definition) is 0. The van der Waals surface area contributed by atoms with Gasteiger partial charge in [0.15, 0.2) is 5.84 Å². The fourth-order valence-electron chi connectivity index (χ4n) is 3.42. The Kier molecular flexibility index (Phi) is 4.44. The summed E-state index contributed by atoms with van der Waals surface area (Å²) in [6.45, 7) is 10.6. The monoisotopic (exact) mass is 376 g/mol. The number of hydrazone groups is 1. The Morgan fingerprint density at radius 3 is 2.59 bits per heavy atom. The lowest BCUT2D eigenvalue weighted by molar-refractivity contribution is 0.503. The predicted octanol–water partition coefficient (Wildman–Crippen LogP) is 5.08. The standard InChI is InChI=1S/C22H21ClN4/c1-5-10-27-22-20(15(4)26-27)25-21(16-8-6-7-9-18(16)23)17-11-13(2)14(3)12-19(17)24-22/h5-9,11-12,20H,1,10H2,2-4H3. The number of hydrogen-bond acceptors (Lipinski definition) is 4. The Hall–Kier alpha value is -2.72. The molecule has 1 atom stereocenters. The molecule has 0 radical (unpaired) electrons. The van der Waals surface area contributed by atoms with Gasteiger partial charge in [-0.25, -0.2) is 10.0 Å². The lowest BCUT2D eigenvalue weighted by atomic mass is 9.96. The average Bonchev–Trinajstić information content (AvgIpc) is 2.82. The highest BCUT2D eigenvalue weighted by molar-refractivity contribution is 6.36. The fourth-order valence-corrected chi connectivity index (χ4v) is 3.65. The van der Waals surface area contributed by atoms with Crippen molar-refractivity contribution in [1.29, 1.82) is 0 Å². The molecule has 2 heterocycles. The third-order valence-electron chi connectivity index (χ3n) is 4.97. The summed E-state index contributed by atoms with van der Waals surface area (Å²) in [5.41, 5.74) is 6.98. The average molecular weight is 377 g/mol. The van der Waals surface area contributed by atoms with Crippen molar-refractivity contribution in [3.63, 3.8) is 0 Å². The van der Waals surface area contributed by atoms with Crippen LogP contribution in [0.4, 0.5) is 5.69 Å². The molecule has 136 valence electrons. The van der Waals surface area contributed by atoms with Crippen LogP contribution in [0.2, 0.25) is 5.02 Å². The second-order valence-electron chi connectivity index (χ2n) is 6.90. The number of fused-ring (bicyclic) bond motifs is 2. The van der Waals surface area contributed by atoms with Gasteiger partial charge in [0.2, 0.25) is 0 Å². The smallest absolute Gasteiger partial charge is 0.156 e. The SMILES string of the molecule is C=CCN1N=C(C)C2N=C(c3ccccc3Cl)c3cc(C)c(C)cc3N=C21. The van der Waals surface area contributed by atoms with Crippen molar-refractivity contribution in [2.45, 2.75) is 26.8 Å². The predicted molar refractivity (Wildman–Crippen MR) is 114 cm³/mol. The lowest BCUT2D eigenvalue weighted by Gasteiger charge is -2.14. The van der Waals surface area contributed by atoms with E-state index in [1.54, 1.807) is 0 Å². The molecule has 0 fully saturated rings. The number of nitrogens with zero attached hydrogens (tertiary/aromatic N) is 4. The fraction of sp³-hybridized carbons (Fsp3) is 0.227. The summed E-state index contributed by atoms with van der Waals surface area (Å²) in [6, 6.07) is 11.9. The second kappa shape index (κ2) is 6.78.